The Labute approximate surface area is 193 Å². The van der Waals surface area contributed by atoms with Gasteiger partial charge < -0.3 is 25.3 Å². The van der Waals surface area contributed by atoms with Gasteiger partial charge in [0.15, 0.2) is 0 Å². The zero-order chi connectivity index (χ0) is 18.8. The van der Waals surface area contributed by atoms with E-state index in [1.165, 1.54) is 0 Å². The predicted octanol–water partition coefficient (Wildman–Crippen LogP) is 4.29. The van der Waals surface area contributed by atoms with Crippen LogP contribution in [0.15, 0.2) is 86.3 Å². The summed E-state index contributed by atoms with van der Waals surface area (Å²) in [5, 5.41) is 0. The largest absolute Gasteiger partial charge is 2.00 e. The molecule has 0 saturated heterocycles. The van der Waals surface area contributed by atoms with Crippen molar-refractivity contribution in [1.29, 1.82) is 0 Å². The van der Waals surface area contributed by atoms with Crippen molar-refractivity contribution in [1.82, 2.24) is 4.98 Å². The topological polar surface area (TPSA) is 64.9 Å². The first-order valence-corrected chi connectivity index (χ1v) is 10.6. The summed E-state index contributed by atoms with van der Waals surface area (Å²) in [6.45, 7) is 0. The summed E-state index contributed by atoms with van der Waals surface area (Å²) < 4.78 is 0. The van der Waals surface area contributed by atoms with E-state index in [9.17, 15) is 0 Å². The SMILES string of the molecule is NN.[Ru+2].[S-]c1ccccc1SCc1cccc(CSc2ccccc2[S-])n1. The van der Waals surface area contributed by atoms with Gasteiger partial charge in [0.1, 0.15) is 0 Å². The minimum Gasteiger partial charge on any atom is -0.779 e. The third-order valence-corrected chi connectivity index (χ3v) is 6.50. The van der Waals surface area contributed by atoms with E-state index >= 15 is 0 Å². The molecule has 27 heavy (non-hydrogen) atoms. The number of hydrogen-bond acceptors (Lipinski definition) is 7. The number of hydrogen-bond donors (Lipinski definition) is 2. The summed E-state index contributed by atoms with van der Waals surface area (Å²) in [7, 11) is 0. The summed E-state index contributed by atoms with van der Waals surface area (Å²) in [5.74, 6) is 9.65. The minimum atomic E-state index is 0. The van der Waals surface area contributed by atoms with Gasteiger partial charge in [-0.05, 0) is 21.9 Å². The Kier molecular flexibility index (Phi) is 12.1. The molecule has 0 atom stereocenters. The Morgan fingerprint density at radius 2 is 1.07 bits per heavy atom. The van der Waals surface area contributed by atoms with E-state index < -0.39 is 0 Å². The molecule has 3 aromatic rings. The molecule has 3 rings (SSSR count). The number of thioether (sulfide) groups is 2. The summed E-state index contributed by atoms with van der Waals surface area (Å²) in [6, 6.07) is 22.2. The van der Waals surface area contributed by atoms with Crippen LogP contribution in [0.3, 0.4) is 0 Å². The van der Waals surface area contributed by atoms with E-state index in [-0.39, 0.29) is 19.5 Å². The summed E-state index contributed by atoms with van der Waals surface area (Å²) >= 11 is 14.2. The van der Waals surface area contributed by atoms with Gasteiger partial charge >= 0.3 is 19.5 Å². The fourth-order valence-corrected chi connectivity index (χ4v) is 4.48. The maximum Gasteiger partial charge on any atom is 2.00 e. The number of nitrogens with zero attached hydrogens (tertiary/aromatic N) is 1. The molecule has 2 aromatic carbocycles. The molecule has 0 unspecified atom stereocenters. The Morgan fingerprint density at radius 3 is 1.48 bits per heavy atom. The monoisotopic (exact) mass is 519 g/mol. The van der Waals surface area contributed by atoms with Gasteiger partial charge in [-0.2, -0.15) is 9.79 Å². The van der Waals surface area contributed by atoms with E-state index in [2.05, 4.69) is 42.0 Å². The molecule has 8 heteroatoms. The zero-order valence-corrected chi connectivity index (χ0v) is 19.4. The second kappa shape index (κ2) is 13.5. The number of rotatable bonds is 6. The standard InChI is InChI=1S/C19H17NS4.H4N2.Ru/c21-16-8-1-3-10-18(16)23-12-14-6-5-7-15(20-14)13-24-19-11-4-2-9-17(19)22;1-2;/h1-11,21-22H,12-13H2;1-2H2;/q;;+2/p-2. The molecule has 0 spiro atoms. The summed E-state index contributed by atoms with van der Waals surface area (Å²) in [6.07, 6.45) is 0. The third-order valence-electron chi connectivity index (χ3n) is 3.31. The van der Waals surface area contributed by atoms with Crippen LogP contribution in [0.4, 0.5) is 0 Å². The molecular formula is C19H19N3RuS4. The van der Waals surface area contributed by atoms with Crippen LogP contribution in [-0.2, 0) is 56.2 Å². The molecule has 0 amide bonds. The van der Waals surface area contributed by atoms with Crippen LogP contribution in [0.25, 0.3) is 0 Å². The van der Waals surface area contributed by atoms with Crippen LogP contribution < -0.4 is 11.7 Å². The number of pyridine rings is 1. The van der Waals surface area contributed by atoms with Crippen molar-refractivity contribution in [3.8, 4) is 0 Å². The molecule has 1 heterocycles. The molecule has 0 aliphatic heterocycles. The molecule has 3 nitrogen and oxygen atoms in total. The molecule has 0 fully saturated rings. The fourth-order valence-electron chi connectivity index (χ4n) is 2.13. The van der Waals surface area contributed by atoms with Crippen molar-refractivity contribution >= 4 is 48.8 Å². The van der Waals surface area contributed by atoms with Gasteiger partial charge in [0.25, 0.3) is 0 Å². The molecule has 1 aromatic heterocycles. The maximum absolute atomic E-state index is 5.35. The van der Waals surface area contributed by atoms with Gasteiger partial charge in [-0.3, -0.25) is 16.7 Å². The first kappa shape index (κ1) is 24.3. The first-order chi connectivity index (χ1) is 12.7. The first-order valence-electron chi connectivity index (χ1n) is 7.78. The van der Waals surface area contributed by atoms with Crippen molar-refractivity contribution < 1.29 is 19.5 Å². The van der Waals surface area contributed by atoms with Crippen LogP contribution in [-0.4, -0.2) is 4.98 Å². The zero-order valence-electron chi connectivity index (χ0n) is 14.4. The van der Waals surface area contributed by atoms with Crippen molar-refractivity contribution in [2.24, 2.45) is 11.7 Å². The Morgan fingerprint density at radius 1 is 0.667 bits per heavy atom. The minimum absolute atomic E-state index is 0. The van der Waals surface area contributed by atoms with Crippen molar-refractivity contribution in [2.45, 2.75) is 31.1 Å². The van der Waals surface area contributed by atoms with Gasteiger partial charge in [0.05, 0.1) is 11.4 Å². The van der Waals surface area contributed by atoms with Crippen molar-refractivity contribution in [2.75, 3.05) is 0 Å². The van der Waals surface area contributed by atoms with Crippen LogP contribution in [0.1, 0.15) is 11.4 Å². The van der Waals surface area contributed by atoms with E-state index in [1.807, 2.05) is 36.4 Å². The van der Waals surface area contributed by atoms with Crippen LogP contribution in [0.5, 0.6) is 0 Å². The van der Waals surface area contributed by atoms with Crippen LogP contribution >= 0.6 is 23.5 Å². The van der Waals surface area contributed by atoms with E-state index in [0.717, 1.165) is 42.5 Å². The van der Waals surface area contributed by atoms with Gasteiger partial charge in [-0.1, -0.05) is 54.6 Å². The second-order valence-corrected chi connectivity index (χ2v) is 8.01. The average Bonchev–Trinajstić information content (AvgIpc) is 2.69. The molecule has 0 bridgehead atoms. The predicted molar refractivity (Wildman–Crippen MR) is 116 cm³/mol. The summed E-state index contributed by atoms with van der Waals surface area (Å²) in [5.41, 5.74) is 2.14. The molecular weight excluding hydrogens is 500 g/mol. The van der Waals surface area contributed by atoms with Crippen molar-refractivity contribution in [3.05, 3.63) is 78.1 Å². The molecule has 0 radical (unpaired) electrons. The van der Waals surface area contributed by atoms with E-state index in [4.69, 9.17) is 30.2 Å². The van der Waals surface area contributed by atoms with Gasteiger partial charge in [0, 0.05) is 11.5 Å². The Hall–Kier alpha value is -0.727. The van der Waals surface area contributed by atoms with Crippen molar-refractivity contribution in [3.63, 3.8) is 0 Å². The molecule has 0 aliphatic rings. The van der Waals surface area contributed by atoms with Gasteiger partial charge in [-0.25, -0.2) is 0 Å². The molecule has 0 saturated carbocycles. The number of nitrogens with two attached hydrogens (primary N) is 2. The normalized spacial score (nSPS) is 9.70. The van der Waals surface area contributed by atoms with Gasteiger partial charge in [-0.15, -0.1) is 23.5 Å². The maximum atomic E-state index is 5.35. The van der Waals surface area contributed by atoms with Gasteiger partial charge in [0.2, 0.25) is 0 Å². The van der Waals surface area contributed by atoms with E-state index in [1.54, 1.807) is 23.5 Å². The Balaban J connectivity index is 0.00000118. The fraction of sp³-hybridized carbons (Fsp3) is 0.105. The molecule has 0 aliphatic carbocycles. The smallest absolute Gasteiger partial charge is 0.779 e. The number of hydrazine groups is 1. The molecule has 142 valence electrons. The van der Waals surface area contributed by atoms with Crippen LogP contribution in [0, 0.1) is 0 Å². The van der Waals surface area contributed by atoms with Crippen LogP contribution in [0.2, 0.25) is 0 Å². The quantitative estimate of drug-likeness (QED) is 0.166. The average molecular weight is 519 g/mol. The second-order valence-electron chi connectivity index (χ2n) is 5.09. The number of benzene rings is 2. The molecule has 4 N–H and O–H groups in total. The number of aromatic nitrogens is 1. The van der Waals surface area contributed by atoms with E-state index in [0.29, 0.717) is 0 Å². The Bertz CT molecular complexity index is 769. The third kappa shape index (κ3) is 8.04. The summed E-state index contributed by atoms with van der Waals surface area (Å²) in [4.78, 5) is 8.82.